The Bertz CT molecular complexity index is 253. The van der Waals surface area contributed by atoms with E-state index in [-0.39, 0.29) is 11.4 Å². The van der Waals surface area contributed by atoms with Crippen LogP contribution in [0, 0.1) is 11.8 Å². The van der Waals surface area contributed by atoms with E-state index in [0.29, 0.717) is 11.8 Å². The lowest BCUT2D eigenvalue weighted by Gasteiger charge is -2.14. The summed E-state index contributed by atoms with van der Waals surface area (Å²) in [6.45, 7) is 2.07. The fourth-order valence-electron chi connectivity index (χ4n) is 1.96. The first-order valence-electron chi connectivity index (χ1n) is 4.42. The molecule has 2 N–H and O–H groups in total. The van der Waals surface area contributed by atoms with Gasteiger partial charge in [-0.3, -0.25) is 0 Å². The Morgan fingerprint density at radius 2 is 2.33 bits per heavy atom. The summed E-state index contributed by atoms with van der Waals surface area (Å²) in [6, 6.07) is 0. The fraction of sp³-hybridized carbons (Fsp3) is 0.600. The van der Waals surface area contributed by atoms with Crippen LogP contribution in [0.3, 0.4) is 0 Å². The summed E-state index contributed by atoms with van der Waals surface area (Å²) in [6.07, 6.45) is 7.07. The minimum absolute atomic E-state index is 0.0106. The molecular formula is C10H14FN. The first kappa shape index (κ1) is 7.99. The van der Waals surface area contributed by atoms with E-state index in [2.05, 4.69) is 6.92 Å². The molecular weight excluding hydrogens is 153 g/mol. The molecule has 0 heterocycles. The van der Waals surface area contributed by atoms with E-state index < -0.39 is 0 Å². The number of hydrogen-bond acceptors (Lipinski definition) is 1. The third-order valence-corrected chi connectivity index (χ3v) is 2.95. The van der Waals surface area contributed by atoms with Crippen molar-refractivity contribution in [2.75, 3.05) is 0 Å². The molecule has 12 heavy (non-hydrogen) atoms. The van der Waals surface area contributed by atoms with Crippen LogP contribution in [0.25, 0.3) is 0 Å². The van der Waals surface area contributed by atoms with Crippen molar-refractivity contribution in [3.05, 3.63) is 24.1 Å². The van der Waals surface area contributed by atoms with Crippen molar-refractivity contribution >= 4 is 0 Å². The molecule has 0 aliphatic heterocycles. The Morgan fingerprint density at radius 3 is 2.75 bits per heavy atom. The van der Waals surface area contributed by atoms with Crippen LogP contribution in [0.1, 0.15) is 19.8 Å². The lowest BCUT2D eigenvalue weighted by Crippen LogP contribution is -2.22. The minimum Gasteiger partial charge on any atom is -0.325 e. The van der Waals surface area contributed by atoms with Gasteiger partial charge in [0.05, 0.1) is 0 Å². The highest BCUT2D eigenvalue weighted by Gasteiger charge is 2.49. The fourth-order valence-corrected chi connectivity index (χ4v) is 1.96. The first-order valence-corrected chi connectivity index (χ1v) is 4.42. The Balaban J connectivity index is 1.98. The van der Waals surface area contributed by atoms with Gasteiger partial charge in [-0.2, -0.15) is 0 Å². The van der Waals surface area contributed by atoms with Gasteiger partial charge >= 0.3 is 0 Å². The van der Waals surface area contributed by atoms with Crippen LogP contribution in [0.2, 0.25) is 0 Å². The molecule has 2 rings (SSSR count). The van der Waals surface area contributed by atoms with Crippen molar-refractivity contribution in [2.45, 2.75) is 25.3 Å². The van der Waals surface area contributed by atoms with Crippen molar-refractivity contribution in [2.24, 2.45) is 17.6 Å². The molecule has 1 nitrogen and oxygen atoms in total. The molecule has 0 aromatic carbocycles. The second kappa shape index (κ2) is 2.43. The standard InChI is InChI=1S/C10H14FN/c1-10(12)6-9(10)7-2-4-8(11)5-3-7/h2,4-5,7,9H,3,6,12H2,1H3/t7?,9-,10+/m0/s1. The molecule has 0 aromatic rings. The molecule has 0 bridgehead atoms. The van der Waals surface area contributed by atoms with Gasteiger partial charge in [0, 0.05) is 5.54 Å². The minimum atomic E-state index is -0.106. The maximum absolute atomic E-state index is 12.6. The predicted octanol–water partition coefficient (Wildman–Crippen LogP) is 2.15. The molecule has 2 aliphatic carbocycles. The summed E-state index contributed by atoms with van der Waals surface area (Å²) < 4.78 is 12.6. The highest BCUT2D eigenvalue weighted by molar-refractivity contribution is 5.22. The maximum atomic E-state index is 12.6. The van der Waals surface area contributed by atoms with E-state index in [1.54, 1.807) is 12.2 Å². The molecule has 0 amide bonds. The van der Waals surface area contributed by atoms with Gasteiger partial charge in [-0.1, -0.05) is 6.08 Å². The molecule has 2 aliphatic rings. The molecule has 1 unspecified atom stereocenters. The molecule has 0 aromatic heterocycles. The highest BCUT2D eigenvalue weighted by Crippen LogP contribution is 2.48. The van der Waals surface area contributed by atoms with E-state index in [9.17, 15) is 4.39 Å². The van der Waals surface area contributed by atoms with Gasteiger partial charge in [0.25, 0.3) is 0 Å². The average Bonchev–Trinajstić information content (AvgIpc) is 2.61. The van der Waals surface area contributed by atoms with Crippen molar-refractivity contribution in [1.29, 1.82) is 0 Å². The third kappa shape index (κ3) is 1.31. The topological polar surface area (TPSA) is 26.0 Å². The number of allylic oxidation sites excluding steroid dienone is 4. The van der Waals surface area contributed by atoms with Crippen LogP contribution in [-0.2, 0) is 0 Å². The zero-order valence-electron chi connectivity index (χ0n) is 7.26. The zero-order chi connectivity index (χ0) is 8.77. The number of hydrogen-bond donors (Lipinski definition) is 1. The van der Waals surface area contributed by atoms with Gasteiger partial charge in [0.2, 0.25) is 0 Å². The largest absolute Gasteiger partial charge is 0.325 e. The number of nitrogens with two attached hydrogens (primary N) is 1. The lowest BCUT2D eigenvalue weighted by atomic mass is 9.93. The Morgan fingerprint density at radius 1 is 1.67 bits per heavy atom. The van der Waals surface area contributed by atoms with Crippen LogP contribution in [0.15, 0.2) is 24.1 Å². The quantitative estimate of drug-likeness (QED) is 0.636. The summed E-state index contributed by atoms with van der Waals surface area (Å²) >= 11 is 0. The molecule has 3 atom stereocenters. The summed E-state index contributed by atoms with van der Waals surface area (Å²) in [5.41, 5.74) is 5.94. The van der Waals surface area contributed by atoms with Crippen molar-refractivity contribution in [1.82, 2.24) is 0 Å². The van der Waals surface area contributed by atoms with Crippen molar-refractivity contribution < 1.29 is 4.39 Å². The summed E-state index contributed by atoms with van der Waals surface area (Å²) in [5, 5.41) is 0. The second-order valence-electron chi connectivity index (χ2n) is 4.16. The molecule has 0 saturated heterocycles. The monoisotopic (exact) mass is 167 g/mol. The number of halogens is 1. The summed E-state index contributed by atoms with van der Waals surface area (Å²) in [7, 11) is 0. The van der Waals surface area contributed by atoms with E-state index in [0.717, 1.165) is 12.8 Å². The predicted molar refractivity (Wildman–Crippen MR) is 47.1 cm³/mol. The summed E-state index contributed by atoms with van der Waals surface area (Å²) in [4.78, 5) is 0. The zero-order valence-corrected chi connectivity index (χ0v) is 7.26. The number of rotatable bonds is 1. The summed E-state index contributed by atoms with van der Waals surface area (Å²) in [5.74, 6) is 0.934. The van der Waals surface area contributed by atoms with Crippen LogP contribution in [0.5, 0.6) is 0 Å². The smallest absolute Gasteiger partial charge is 0.118 e. The highest BCUT2D eigenvalue weighted by atomic mass is 19.1. The maximum Gasteiger partial charge on any atom is 0.118 e. The molecule has 66 valence electrons. The Labute approximate surface area is 72.1 Å². The molecule has 2 heteroatoms. The SMILES string of the molecule is C[C@@]1(N)C[C@H]1C1C=CC(F)=CC1. The molecule has 1 saturated carbocycles. The molecule has 0 spiro atoms. The Kier molecular flexibility index (Phi) is 1.62. The second-order valence-corrected chi connectivity index (χ2v) is 4.16. The van der Waals surface area contributed by atoms with Gasteiger partial charge in [-0.05, 0) is 43.8 Å². The van der Waals surface area contributed by atoms with Gasteiger partial charge in [0.15, 0.2) is 0 Å². The van der Waals surface area contributed by atoms with Crippen LogP contribution < -0.4 is 5.73 Å². The van der Waals surface area contributed by atoms with Crippen molar-refractivity contribution in [3.8, 4) is 0 Å². The van der Waals surface area contributed by atoms with E-state index in [1.165, 1.54) is 0 Å². The van der Waals surface area contributed by atoms with E-state index in [1.807, 2.05) is 6.08 Å². The van der Waals surface area contributed by atoms with E-state index >= 15 is 0 Å². The Hall–Kier alpha value is -0.630. The van der Waals surface area contributed by atoms with E-state index in [4.69, 9.17) is 5.73 Å². The average molecular weight is 167 g/mol. The van der Waals surface area contributed by atoms with Gasteiger partial charge in [0.1, 0.15) is 5.83 Å². The van der Waals surface area contributed by atoms with Crippen molar-refractivity contribution in [3.63, 3.8) is 0 Å². The van der Waals surface area contributed by atoms with Crippen LogP contribution in [0.4, 0.5) is 4.39 Å². The molecule has 1 fully saturated rings. The normalized spacial score (nSPS) is 45.8. The van der Waals surface area contributed by atoms with Crippen LogP contribution in [-0.4, -0.2) is 5.54 Å². The van der Waals surface area contributed by atoms with Gasteiger partial charge in [-0.15, -0.1) is 0 Å². The third-order valence-electron chi connectivity index (χ3n) is 2.95. The molecule has 0 radical (unpaired) electrons. The lowest BCUT2D eigenvalue weighted by molar-refractivity contribution is 0.494. The first-order chi connectivity index (χ1) is 5.59. The van der Waals surface area contributed by atoms with Crippen LogP contribution >= 0.6 is 0 Å². The van der Waals surface area contributed by atoms with Gasteiger partial charge < -0.3 is 5.73 Å². The van der Waals surface area contributed by atoms with Gasteiger partial charge in [-0.25, -0.2) is 4.39 Å².